The van der Waals surface area contributed by atoms with Crippen molar-refractivity contribution in [1.29, 1.82) is 5.26 Å². The van der Waals surface area contributed by atoms with E-state index in [0.717, 1.165) is 6.07 Å². The van der Waals surface area contributed by atoms with E-state index >= 15 is 0 Å². The van der Waals surface area contributed by atoms with Gasteiger partial charge in [-0.25, -0.2) is 4.39 Å². The number of nitriles is 1. The molecule has 0 saturated heterocycles. The van der Waals surface area contributed by atoms with Crippen LogP contribution in [0, 0.1) is 23.1 Å². The van der Waals surface area contributed by atoms with Crippen molar-refractivity contribution in [3.05, 3.63) is 29.6 Å². The Hall–Kier alpha value is -2.09. The zero-order chi connectivity index (χ0) is 13.5. The first-order valence-corrected chi connectivity index (χ1v) is 5.72. The third-order valence-electron chi connectivity index (χ3n) is 2.72. The molecule has 0 heterocycles. The minimum atomic E-state index is -0.857. The zero-order valence-electron chi connectivity index (χ0n) is 10.1. The molecule has 1 atom stereocenters. The van der Waals surface area contributed by atoms with Crippen molar-refractivity contribution < 1.29 is 14.3 Å². The lowest BCUT2D eigenvalue weighted by Gasteiger charge is -2.14. The Morgan fingerprint density at radius 3 is 2.83 bits per heavy atom. The van der Waals surface area contributed by atoms with E-state index < -0.39 is 11.8 Å². The molecule has 0 bridgehead atoms. The topological polar surface area (TPSA) is 73.1 Å². The van der Waals surface area contributed by atoms with Crippen LogP contribution in [0.3, 0.4) is 0 Å². The highest BCUT2D eigenvalue weighted by Gasteiger charge is 2.12. The first-order chi connectivity index (χ1) is 8.56. The van der Waals surface area contributed by atoms with E-state index in [0.29, 0.717) is 13.0 Å². The van der Waals surface area contributed by atoms with Crippen LogP contribution in [0.4, 0.5) is 10.1 Å². The molecular weight excluding hydrogens is 235 g/mol. The van der Waals surface area contributed by atoms with Crippen LogP contribution in [0.1, 0.15) is 25.3 Å². The van der Waals surface area contributed by atoms with Gasteiger partial charge in [-0.1, -0.05) is 13.3 Å². The SMILES string of the molecule is CCC(CNc1ccc(C#N)cc1F)CC(=O)O. The van der Waals surface area contributed by atoms with Crippen LogP contribution >= 0.6 is 0 Å². The standard InChI is InChI=1S/C13H15FN2O2/c1-2-9(6-13(17)18)8-16-12-4-3-10(7-15)5-11(12)14/h3-5,9,16H,2,6,8H2,1H3,(H,17,18). The molecule has 1 unspecified atom stereocenters. The molecule has 1 aromatic carbocycles. The number of hydrogen-bond donors (Lipinski definition) is 2. The summed E-state index contributed by atoms with van der Waals surface area (Å²) in [6, 6.07) is 6.01. The van der Waals surface area contributed by atoms with E-state index in [1.807, 2.05) is 13.0 Å². The second kappa shape index (κ2) is 6.60. The van der Waals surface area contributed by atoms with E-state index in [1.54, 1.807) is 0 Å². The summed E-state index contributed by atoms with van der Waals surface area (Å²) in [7, 11) is 0. The lowest BCUT2D eigenvalue weighted by atomic mass is 10.0. The van der Waals surface area contributed by atoms with Crippen molar-refractivity contribution in [3.8, 4) is 6.07 Å². The third kappa shape index (κ3) is 4.06. The van der Waals surface area contributed by atoms with E-state index in [2.05, 4.69) is 5.32 Å². The quantitative estimate of drug-likeness (QED) is 0.814. The van der Waals surface area contributed by atoms with Crippen LogP contribution in [0.2, 0.25) is 0 Å². The second-order valence-electron chi connectivity index (χ2n) is 4.06. The lowest BCUT2D eigenvalue weighted by molar-refractivity contribution is -0.138. The molecule has 4 nitrogen and oxygen atoms in total. The largest absolute Gasteiger partial charge is 0.481 e. The summed E-state index contributed by atoms with van der Waals surface area (Å²) < 4.78 is 13.5. The van der Waals surface area contributed by atoms with Gasteiger partial charge in [-0.2, -0.15) is 5.26 Å². The first kappa shape index (κ1) is 14.0. The summed E-state index contributed by atoms with van der Waals surface area (Å²) in [4.78, 5) is 10.6. The minimum absolute atomic E-state index is 0.0439. The van der Waals surface area contributed by atoms with Crippen molar-refractivity contribution in [2.75, 3.05) is 11.9 Å². The van der Waals surface area contributed by atoms with Crippen LogP contribution in [0.25, 0.3) is 0 Å². The van der Waals surface area contributed by atoms with Gasteiger partial charge in [-0.3, -0.25) is 4.79 Å². The number of carboxylic acids is 1. The summed E-state index contributed by atoms with van der Waals surface area (Å²) in [5.74, 6) is -1.40. The predicted molar refractivity (Wildman–Crippen MR) is 65.6 cm³/mol. The third-order valence-corrected chi connectivity index (χ3v) is 2.72. The first-order valence-electron chi connectivity index (χ1n) is 5.72. The molecule has 0 aromatic heterocycles. The molecule has 2 N–H and O–H groups in total. The maximum Gasteiger partial charge on any atom is 0.303 e. The molecule has 0 aliphatic heterocycles. The number of anilines is 1. The molecule has 5 heteroatoms. The van der Waals surface area contributed by atoms with Gasteiger partial charge in [-0.05, 0) is 24.1 Å². The maximum atomic E-state index is 13.5. The predicted octanol–water partition coefficient (Wildman–Crippen LogP) is 2.61. The molecule has 0 amide bonds. The van der Waals surface area contributed by atoms with Gasteiger partial charge in [0.15, 0.2) is 0 Å². The summed E-state index contributed by atoms with van der Waals surface area (Å²) in [6.45, 7) is 2.29. The molecule has 18 heavy (non-hydrogen) atoms. The summed E-state index contributed by atoms with van der Waals surface area (Å²) in [6.07, 6.45) is 0.762. The average Bonchev–Trinajstić information content (AvgIpc) is 2.35. The van der Waals surface area contributed by atoms with E-state index in [9.17, 15) is 9.18 Å². The lowest BCUT2D eigenvalue weighted by Crippen LogP contribution is -2.17. The number of nitrogens with one attached hydrogen (secondary N) is 1. The van der Waals surface area contributed by atoms with Crippen molar-refractivity contribution in [1.82, 2.24) is 0 Å². The Balaban J connectivity index is 2.62. The zero-order valence-corrected chi connectivity index (χ0v) is 10.1. The molecule has 0 aliphatic carbocycles. The Morgan fingerprint density at radius 1 is 1.61 bits per heavy atom. The highest BCUT2D eigenvalue weighted by atomic mass is 19.1. The summed E-state index contributed by atoms with van der Waals surface area (Å²) in [5.41, 5.74) is 0.550. The maximum absolute atomic E-state index is 13.5. The van der Waals surface area contributed by atoms with Crippen LogP contribution in [0.15, 0.2) is 18.2 Å². The number of nitrogens with zero attached hydrogens (tertiary/aromatic N) is 1. The van der Waals surface area contributed by atoms with Crippen LogP contribution < -0.4 is 5.32 Å². The van der Waals surface area contributed by atoms with Crippen molar-refractivity contribution in [3.63, 3.8) is 0 Å². The second-order valence-corrected chi connectivity index (χ2v) is 4.06. The number of carbonyl (C=O) groups is 1. The number of hydrogen-bond acceptors (Lipinski definition) is 3. The molecular formula is C13H15FN2O2. The molecule has 0 saturated carbocycles. The fourth-order valence-corrected chi connectivity index (χ4v) is 1.59. The molecule has 1 rings (SSSR count). The van der Waals surface area contributed by atoms with Gasteiger partial charge >= 0.3 is 5.97 Å². The van der Waals surface area contributed by atoms with Crippen molar-refractivity contribution in [2.24, 2.45) is 5.92 Å². The smallest absolute Gasteiger partial charge is 0.303 e. The van der Waals surface area contributed by atoms with Gasteiger partial charge in [0, 0.05) is 13.0 Å². The van der Waals surface area contributed by atoms with Gasteiger partial charge in [0.2, 0.25) is 0 Å². The summed E-state index contributed by atoms with van der Waals surface area (Å²) in [5, 5.41) is 20.2. The van der Waals surface area contributed by atoms with Gasteiger partial charge in [-0.15, -0.1) is 0 Å². The van der Waals surface area contributed by atoms with Crippen LogP contribution in [-0.4, -0.2) is 17.6 Å². The molecule has 1 aromatic rings. The summed E-state index contributed by atoms with van der Waals surface area (Å²) >= 11 is 0. The molecule has 0 spiro atoms. The fourth-order valence-electron chi connectivity index (χ4n) is 1.59. The highest BCUT2D eigenvalue weighted by molar-refractivity contribution is 5.67. The number of aliphatic carboxylic acids is 1. The molecule has 0 radical (unpaired) electrons. The Kier molecular flexibility index (Phi) is 5.12. The van der Waals surface area contributed by atoms with Crippen LogP contribution in [-0.2, 0) is 4.79 Å². The number of halogens is 1. The normalized spacial score (nSPS) is 11.6. The Labute approximate surface area is 105 Å². The Morgan fingerprint density at radius 2 is 2.33 bits per heavy atom. The van der Waals surface area contributed by atoms with Crippen molar-refractivity contribution in [2.45, 2.75) is 19.8 Å². The minimum Gasteiger partial charge on any atom is -0.481 e. The fraction of sp³-hybridized carbons (Fsp3) is 0.385. The molecule has 0 aliphatic rings. The highest BCUT2D eigenvalue weighted by Crippen LogP contribution is 2.17. The van der Waals surface area contributed by atoms with Gasteiger partial charge in [0.05, 0.1) is 17.3 Å². The average molecular weight is 250 g/mol. The molecule has 0 fully saturated rings. The van der Waals surface area contributed by atoms with Crippen LogP contribution in [0.5, 0.6) is 0 Å². The number of carboxylic acid groups (broad SMARTS) is 1. The molecule has 96 valence electrons. The number of rotatable bonds is 6. The monoisotopic (exact) mass is 250 g/mol. The van der Waals surface area contributed by atoms with E-state index in [-0.39, 0.29) is 23.6 Å². The number of benzene rings is 1. The van der Waals surface area contributed by atoms with Gasteiger partial charge in [0.1, 0.15) is 5.82 Å². The van der Waals surface area contributed by atoms with E-state index in [4.69, 9.17) is 10.4 Å². The Bertz CT molecular complexity index is 469. The van der Waals surface area contributed by atoms with E-state index in [1.165, 1.54) is 12.1 Å². The van der Waals surface area contributed by atoms with Gasteiger partial charge in [0.25, 0.3) is 0 Å². The van der Waals surface area contributed by atoms with Crippen molar-refractivity contribution >= 4 is 11.7 Å². The van der Waals surface area contributed by atoms with Gasteiger partial charge < -0.3 is 10.4 Å².